The normalized spacial score (nSPS) is 13.5. The molecule has 6 heteroatoms. The van der Waals surface area contributed by atoms with E-state index >= 15 is 0 Å². The smallest absolute Gasteiger partial charge is 0.328 e. The number of benzene rings is 1. The predicted molar refractivity (Wildman–Crippen MR) is 80.4 cm³/mol. The van der Waals surface area contributed by atoms with Gasteiger partial charge in [-0.05, 0) is 30.0 Å². The maximum Gasteiger partial charge on any atom is 0.328 e. The molecule has 2 N–H and O–H groups in total. The zero-order valence-corrected chi connectivity index (χ0v) is 12.9. The van der Waals surface area contributed by atoms with E-state index < -0.39 is 12.0 Å². The van der Waals surface area contributed by atoms with Crippen LogP contribution in [0.4, 0.5) is 0 Å². The number of aliphatic carboxylic acids is 1. The monoisotopic (exact) mass is 313 g/mol. The standard InChI is InChI=1S/C15H20ClNO4/c1-10(7-11-3-5-12(16)6-4-11)8-14(18)17-13(9-21-2)15(19)20/h3-6,10,13H,7-9H2,1-2H3,(H,17,18)(H,19,20). The number of carboxylic acid groups (broad SMARTS) is 1. The fourth-order valence-electron chi connectivity index (χ4n) is 2.01. The minimum atomic E-state index is -1.10. The van der Waals surface area contributed by atoms with Gasteiger partial charge in [0.1, 0.15) is 0 Å². The van der Waals surface area contributed by atoms with Gasteiger partial charge in [0.05, 0.1) is 6.61 Å². The minimum Gasteiger partial charge on any atom is -0.480 e. The third kappa shape index (κ3) is 6.60. The molecule has 0 bridgehead atoms. The number of halogens is 1. The summed E-state index contributed by atoms with van der Waals surface area (Å²) in [5.41, 5.74) is 1.09. The van der Waals surface area contributed by atoms with Gasteiger partial charge in [0, 0.05) is 18.6 Å². The molecule has 0 saturated heterocycles. The number of nitrogens with one attached hydrogen (secondary N) is 1. The molecule has 1 aromatic carbocycles. The van der Waals surface area contributed by atoms with Gasteiger partial charge in [0.15, 0.2) is 6.04 Å². The quantitative estimate of drug-likeness (QED) is 0.771. The van der Waals surface area contributed by atoms with Gasteiger partial charge in [-0.3, -0.25) is 4.79 Å². The first-order valence-corrected chi connectivity index (χ1v) is 7.05. The van der Waals surface area contributed by atoms with Crippen LogP contribution in [0.2, 0.25) is 5.02 Å². The Labute approximate surface area is 129 Å². The van der Waals surface area contributed by atoms with Crippen molar-refractivity contribution in [2.24, 2.45) is 5.92 Å². The maximum absolute atomic E-state index is 11.8. The summed E-state index contributed by atoms with van der Waals surface area (Å²) in [5.74, 6) is -1.29. The summed E-state index contributed by atoms with van der Waals surface area (Å²) >= 11 is 5.82. The summed E-state index contributed by atoms with van der Waals surface area (Å²) in [4.78, 5) is 22.8. The van der Waals surface area contributed by atoms with Gasteiger partial charge in [-0.15, -0.1) is 0 Å². The molecule has 2 unspecified atom stereocenters. The van der Waals surface area contributed by atoms with Gasteiger partial charge in [-0.1, -0.05) is 30.7 Å². The van der Waals surface area contributed by atoms with Crippen molar-refractivity contribution in [3.05, 3.63) is 34.9 Å². The molecule has 116 valence electrons. The van der Waals surface area contributed by atoms with Crippen LogP contribution in [0.3, 0.4) is 0 Å². The van der Waals surface area contributed by atoms with Crippen molar-refractivity contribution >= 4 is 23.5 Å². The molecule has 0 spiro atoms. The van der Waals surface area contributed by atoms with Crippen LogP contribution in [0.1, 0.15) is 18.9 Å². The van der Waals surface area contributed by atoms with Crippen LogP contribution in [0.5, 0.6) is 0 Å². The van der Waals surface area contributed by atoms with Crippen LogP contribution < -0.4 is 5.32 Å². The molecule has 0 heterocycles. The number of carboxylic acids is 1. The highest BCUT2D eigenvalue weighted by molar-refractivity contribution is 6.30. The molecule has 0 aliphatic carbocycles. The number of carbonyl (C=O) groups excluding carboxylic acids is 1. The second kappa shape index (κ2) is 8.64. The fraction of sp³-hybridized carbons (Fsp3) is 0.467. The van der Waals surface area contributed by atoms with Crippen molar-refractivity contribution in [3.63, 3.8) is 0 Å². The molecule has 5 nitrogen and oxygen atoms in total. The molecule has 0 fully saturated rings. The van der Waals surface area contributed by atoms with Crippen LogP contribution in [-0.4, -0.2) is 36.7 Å². The molecule has 0 aliphatic heterocycles. The van der Waals surface area contributed by atoms with Gasteiger partial charge in [-0.25, -0.2) is 4.79 Å². The summed E-state index contributed by atoms with van der Waals surface area (Å²) in [5, 5.41) is 12.1. The lowest BCUT2D eigenvalue weighted by molar-refractivity contribution is -0.143. The predicted octanol–water partition coefficient (Wildman–Crippen LogP) is 2.12. The van der Waals surface area contributed by atoms with E-state index in [1.54, 1.807) is 0 Å². The largest absolute Gasteiger partial charge is 0.480 e. The van der Waals surface area contributed by atoms with Gasteiger partial charge in [-0.2, -0.15) is 0 Å². The number of carbonyl (C=O) groups is 2. The zero-order valence-electron chi connectivity index (χ0n) is 12.1. The summed E-state index contributed by atoms with van der Waals surface area (Å²) in [6.45, 7) is 1.90. The first-order valence-electron chi connectivity index (χ1n) is 6.68. The Bertz CT molecular complexity index is 475. The Kier molecular flexibility index (Phi) is 7.19. The van der Waals surface area contributed by atoms with Crippen molar-refractivity contribution in [2.75, 3.05) is 13.7 Å². The molecule has 1 rings (SSSR count). The highest BCUT2D eigenvalue weighted by Gasteiger charge is 2.20. The van der Waals surface area contributed by atoms with E-state index in [0.29, 0.717) is 5.02 Å². The highest BCUT2D eigenvalue weighted by atomic mass is 35.5. The molecule has 1 amide bonds. The van der Waals surface area contributed by atoms with Crippen molar-refractivity contribution in [1.82, 2.24) is 5.32 Å². The van der Waals surface area contributed by atoms with Gasteiger partial charge in [0.2, 0.25) is 5.91 Å². The van der Waals surface area contributed by atoms with E-state index in [9.17, 15) is 9.59 Å². The first kappa shape index (κ1) is 17.5. The van der Waals surface area contributed by atoms with E-state index in [-0.39, 0.29) is 24.9 Å². The molecular formula is C15H20ClNO4. The third-order valence-electron chi connectivity index (χ3n) is 3.00. The van der Waals surface area contributed by atoms with Crippen molar-refractivity contribution in [2.45, 2.75) is 25.8 Å². The Morgan fingerprint density at radius 1 is 1.33 bits per heavy atom. The second-order valence-electron chi connectivity index (χ2n) is 5.05. The lowest BCUT2D eigenvalue weighted by atomic mass is 9.97. The summed E-state index contributed by atoms with van der Waals surface area (Å²) in [7, 11) is 1.39. The fourth-order valence-corrected chi connectivity index (χ4v) is 2.13. The Morgan fingerprint density at radius 3 is 2.48 bits per heavy atom. The lowest BCUT2D eigenvalue weighted by Crippen LogP contribution is -2.44. The van der Waals surface area contributed by atoms with E-state index in [0.717, 1.165) is 12.0 Å². The number of methoxy groups -OCH3 is 1. The number of amides is 1. The molecule has 0 aromatic heterocycles. The Hall–Kier alpha value is -1.59. The SMILES string of the molecule is COCC(NC(=O)CC(C)Cc1ccc(Cl)cc1)C(=O)O. The average Bonchev–Trinajstić information content (AvgIpc) is 2.40. The average molecular weight is 314 g/mol. The van der Waals surface area contributed by atoms with E-state index in [1.807, 2.05) is 31.2 Å². The lowest BCUT2D eigenvalue weighted by Gasteiger charge is -2.16. The van der Waals surface area contributed by atoms with E-state index in [4.69, 9.17) is 21.4 Å². The van der Waals surface area contributed by atoms with Crippen LogP contribution in [0.15, 0.2) is 24.3 Å². The Balaban J connectivity index is 2.46. The Morgan fingerprint density at radius 2 is 1.95 bits per heavy atom. The molecule has 0 aliphatic rings. The van der Waals surface area contributed by atoms with Crippen LogP contribution in [0, 0.1) is 5.92 Å². The second-order valence-corrected chi connectivity index (χ2v) is 5.49. The minimum absolute atomic E-state index is 0.0490. The van der Waals surface area contributed by atoms with Crippen LogP contribution in [-0.2, 0) is 20.7 Å². The van der Waals surface area contributed by atoms with Gasteiger partial charge >= 0.3 is 5.97 Å². The number of hydrogen-bond acceptors (Lipinski definition) is 3. The molecule has 0 radical (unpaired) electrons. The summed E-state index contributed by atoms with van der Waals surface area (Å²) in [6, 6.07) is 6.44. The van der Waals surface area contributed by atoms with Crippen LogP contribution in [0.25, 0.3) is 0 Å². The van der Waals surface area contributed by atoms with E-state index in [2.05, 4.69) is 5.32 Å². The first-order chi connectivity index (χ1) is 9.92. The van der Waals surface area contributed by atoms with Crippen LogP contribution >= 0.6 is 11.6 Å². The number of rotatable bonds is 8. The molecule has 0 saturated carbocycles. The molecule has 21 heavy (non-hydrogen) atoms. The molecule has 1 aromatic rings. The third-order valence-corrected chi connectivity index (χ3v) is 3.25. The van der Waals surface area contributed by atoms with Gasteiger partial charge < -0.3 is 15.2 Å². The van der Waals surface area contributed by atoms with Gasteiger partial charge in [0.25, 0.3) is 0 Å². The van der Waals surface area contributed by atoms with Crippen molar-refractivity contribution < 1.29 is 19.4 Å². The molecule has 2 atom stereocenters. The zero-order chi connectivity index (χ0) is 15.8. The van der Waals surface area contributed by atoms with E-state index in [1.165, 1.54) is 7.11 Å². The molecular weight excluding hydrogens is 294 g/mol. The maximum atomic E-state index is 11.8. The summed E-state index contributed by atoms with van der Waals surface area (Å²) < 4.78 is 4.77. The van der Waals surface area contributed by atoms with Crippen molar-refractivity contribution in [1.29, 1.82) is 0 Å². The summed E-state index contributed by atoms with van der Waals surface area (Å²) in [6.07, 6.45) is 0.989. The number of ether oxygens (including phenoxy) is 1. The van der Waals surface area contributed by atoms with Crippen molar-refractivity contribution in [3.8, 4) is 0 Å². The topological polar surface area (TPSA) is 75.6 Å². The highest BCUT2D eigenvalue weighted by Crippen LogP contribution is 2.15. The number of hydrogen-bond donors (Lipinski definition) is 2.